The van der Waals surface area contributed by atoms with Crippen molar-refractivity contribution in [3.8, 4) is 5.75 Å². The number of carbonyl (C=O) groups is 1. The molecule has 9 nitrogen and oxygen atoms in total. The van der Waals surface area contributed by atoms with Crippen LogP contribution in [0.4, 0.5) is 11.4 Å². The molecule has 3 aromatic carbocycles. The van der Waals surface area contributed by atoms with E-state index < -0.39 is 32.5 Å². The van der Waals surface area contributed by atoms with Crippen LogP contribution in [0.1, 0.15) is 19.4 Å². The number of likely N-dealkylation sites (N-methyl/N-ethyl adjacent to an activating group) is 1. The highest BCUT2D eigenvalue weighted by molar-refractivity contribution is 7.92. The van der Waals surface area contributed by atoms with Crippen molar-refractivity contribution in [3.05, 3.63) is 76.3 Å². The van der Waals surface area contributed by atoms with E-state index in [0.29, 0.717) is 35.2 Å². The molecule has 1 amide bonds. The largest absolute Gasteiger partial charge is 0.492 e. The molecular weight excluding hydrogens is 585 g/mol. The first kappa shape index (κ1) is 29.2. The summed E-state index contributed by atoms with van der Waals surface area (Å²) in [4.78, 5) is 12.9. The molecule has 0 bridgehead atoms. The first-order valence-corrected chi connectivity index (χ1v) is 15.7. The van der Waals surface area contributed by atoms with Crippen molar-refractivity contribution < 1.29 is 26.4 Å². The molecule has 0 radical (unpaired) electrons. The number of ether oxygens (including phenoxy) is 1. The molecule has 39 heavy (non-hydrogen) atoms. The molecule has 1 heterocycles. The Morgan fingerprint density at radius 1 is 0.974 bits per heavy atom. The zero-order valence-electron chi connectivity index (χ0n) is 21.2. The highest BCUT2D eigenvalue weighted by atomic mass is 35.5. The average molecular weight is 613 g/mol. The second-order valence-electron chi connectivity index (χ2n) is 8.63. The standard InChI is InChI=1S/C26H27Cl2N3O6S2/c1-3-30(38(33,34)22-11-12-25(37-4-2)23(28)16-22)17-26(32)29-20-8-5-18-13-14-31(24(18)15-20)39(35,36)21-9-6-19(27)7-10-21/h5-12,15-16H,3-4,13-14,17H2,1-2H3,(H,29,32). The lowest BCUT2D eigenvalue weighted by molar-refractivity contribution is -0.116. The Hall–Kier alpha value is -2.83. The normalized spacial score (nSPS) is 13.4. The van der Waals surface area contributed by atoms with Crippen molar-refractivity contribution in [1.29, 1.82) is 0 Å². The summed E-state index contributed by atoms with van der Waals surface area (Å²) >= 11 is 12.1. The van der Waals surface area contributed by atoms with Gasteiger partial charge in [-0.25, -0.2) is 16.8 Å². The Kier molecular flexibility index (Phi) is 8.77. The van der Waals surface area contributed by atoms with E-state index in [0.717, 1.165) is 9.87 Å². The van der Waals surface area contributed by atoms with Gasteiger partial charge in [-0.05, 0) is 73.5 Å². The number of fused-ring (bicyclic) bond motifs is 1. The van der Waals surface area contributed by atoms with Gasteiger partial charge >= 0.3 is 0 Å². The number of hydrogen-bond donors (Lipinski definition) is 1. The Labute approximate surface area is 238 Å². The summed E-state index contributed by atoms with van der Waals surface area (Å²) in [6.45, 7) is 3.63. The van der Waals surface area contributed by atoms with E-state index in [2.05, 4.69) is 5.32 Å². The van der Waals surface area contributed by atoms with Crippen molar-refractivity contribution >= 4 is 60.5 Å². The summed E-state index contributed by atoms with van der Waals surface area (Å²) in [5, 5.41) is 3.26. The fourth-order valence-corrected chi connectivity index (χ4v) is 7.56. The van der Waals surface area contributed by atoms with E-state index in [1.165, 1.54) is 46.8 Å². The van der Waals surface area contributed by atoms with Crippen LogP contribution in [0.15, 0.2) is 70.5 Å². The highest BCUT2D eigenvalue weighted by Crippen LogP contribution is 2.35. The molecule has 208 valence electrons. The Bertz CT molecular complexity index is 1600. The lowest BCUT2D eigenvalue weighted by atomic mass is 10.1. The number of hydrogen-bond acceptors (Lipinski definition) is 6. The minimum absolute atomic E-state index is 0.0396. The third kappa shape index (κ3) is 6.17. The maximum atomic E-state index is 13.3. The van der Waals surface area contributed by atoms with Gasteiger partial charge in [0.2, 0.25) is 15.9 Å². The number of rotatable bonds is 10. The maximum Gasteiger partial charge on any atom is 0.264 e. The van der Waals surface area contributed by atoms with Crippen molar-refractivity contribution in [2.75, 3.05) is 35.9 Å². The van der Waals surface area contributed by atoms with Crippen LogP contribution >= 0.6 is 23.2 Å². The zero-order valence-corrected chi connectivity index (χ0v) is 24.4. The predicted molar refractivity (Wildman–Crippen MR) is 152 cm³/mol. The Balaban J connectivity index is 1.51. The first-order chi connectivity index (χ1) is 18.5. The molecule has 1 aliphatic rings. The minimum atomic E-state index is -4.03. The van der Waals surface area contributed by atoms with Gasteiger partial charge in [0.1, 0.15) is 5.75 Å². The van der Waals surface area contributed by atoms with Gasteiger partial charge in [0.15, 0.2) is 0 Å². The van der Waals surface area contributed by atoms with Crippen LogP contribution in [0.2, 0.25) is 10.0 Å². The molecule has 0 spiro atoms. The molecule has 0 saturated heterocycles. The van der Waals surface area contributed by atoms with Gasteiger partial charge in [-0.1, -0.05) is 36.2 Å². The van der Waals surface area contributed by atoms with E-state index in [1.54, 1.807) is 32.0 Å². The van der Waals surface area contributed by atoms with Crippen molar-refractivity contribution in [1.82, 2.24) is 4.31 Å². The van der Waals surface area contributed by atoms with Gasteiger partial charge < -0.3 is 10.1 Å². The van der Waals surface area contributed by atoms with Crippen LogP contribution in [-0.4, -0.2) is 53.3 Å². The molecular formula is C26H27Cl2N3O6S2. The van der Waals surface area contributed by atoms with Gasteiger partial charge in [-0.15, -0.1) is 0 Å². The van der Waals surface area contributed by atoms with Crippen molar-refractivity contribution in [3.63, 3.8) is 0 Å². The number of anilines is 2. The molecule has 0 aromatic heterocycles. The number of carbonyl (C=O) groups excluding carboxylic acids is 1. The third-order valence-corrected chi connectivity index (χ3v) is 10.4. The van der Waals surface area contributed by atoms with Gasteiger partial charge in [0.25, 0.3) is 10.0 Å². The van der Waals surface area contributed by atoms with Crippen LogP contribution in [0.3, 0.4) is 0 Å². The van der Waals surface area contributed by atoms with E-state index in [-0.39, 0.29) is 27.9 Å². The van der Waals surface area contributed by atoms with Crippen LogP contribution in [0, 0.1) is 0 Å². The Morgan fingerprint density at radius 3 is 2.31 bits per heavy atom. The molecule has 0 atom stereocenters. The van der Waals surface area contributed by atoms with Gasteiger partial charge in [-0.2, -0.15) is 4.31 Å². The molecule has 13 heteroatoms. The summed E-state index contributed by atoms with van der Waals surface area (Å²) in [5.74, 6) is -0.217. The molecule has 0 saturated carbocycles. The summed E-state index contributed by atoms with van der Waals surface area (Å²) in [5.41, 5.74) is 1.61. The molecule has 0 aliphatic carbocycles. The van der Waals surface area contributed by atoms with Crippen LogP contribution in [0.5, 0.6) is 5.75 Å². The number of halogens is 2. The van der Waals surface area contributed by atoms with Gasteiger partial charge in [0, 0.05) is 23.8 Å². The molecule has 4 rings (SSSR count). The summed E-state index contributed by atoms with van der Waals surface area (Å²) in [6, 6.07) is 15.0. The quantitative estimate of drug-likeness (QED) is 0.352. The smallest absolute Gasteiger partial charge is 0.264 e. The number of sulfonamides is 2. The summed E-state index contributed by atoms with van der Waals surface area (Å²) in [6.07, 6.45) is 0.517. The fraction of sp³-hybridized carbons (Fsp3) is 0.269. The van der Waals surface area contributed by atoms with Crippen molar-refractivity contribution in [2.24, 2.45) is 0 Å². The van der Waals surface area contributed by atoms with Gasteiger partial charge in [0.05, 0.1) is 33.7 Å². The van der Waals surface area contributed by atoms with Crippen LogP contribution in [0.25, 0.3) is 0 Å². The topological polar surface area (TPSA) is 113 Å². The number of benzene rings is 3. The SMILES string of the molecule is CCOc1ccc(S(=O)(=O)N(CC)CC(=O)Nc2ccc3c(c2)N(S(=O)(=O)c2ccc(Cl)cc2)CC3)cc1Cl. The summed E-state index contributed by atoms with van der Waals surface area (Å²) < 4.78 is 60.6. The van der Waals surface area contributed by atoms with Gasteiger partial charge in [-0.3, -0.25) is 9.10 Å². The lowest BCUT2D eigenvalue weighted by Crippen LogP contribution is -2.37. The van der Waals surface area contributed by atoms with Crippen molar-refractivity contribution in [2.45, 2.75) is 30.1 Å². The Morgan fingerprint density at radius 2 is 1.67 bits per heavy atom. The molecule has 3 aromatic rings. The van der Waals surface area contributed by atoms with E-state index in [1.807, 2.05) is 0 Å². The molecule has 1 aliphatic heterocycles. The predicted octanol–water partition coefficient (Wildman–Crippen LogP) is 4.79. The lowest BCUT2D eigenvalue weighted by Gasteiger charge is -2.22. The van der Waals surface area contributed by atoms with E-state index in [4.69, 9.17) is 27.9 Å². The fourth-order valence-electron chi connectivity index (χ4n) is 4.20. The number of nitrogens with one attached hydrogen (secondary N) is 1. The van der Waals surface area contributed by atoms with Crippen LogP contribution in [-0.2, 0) is 31.3 Å². The molecule has 1 N–H and O–H groups in total. The molecule has 0 fully saturated rings. The number of nitrogens with zero attached hydrogens (tertiary/aromatic N) is 2. The van der Waals surface area contributed by atoms with Crippen LogP contribution < -0.4 is 14.4 Å². The summed E-state index contributed by atoms with van der Waals surface area (Å²) in [7, 11) is -7.87. The zero-order chi connectivity index (χ0) is 28.4. The molecule has 0 unspecified atom stereocenters. The minimum Gasteiger partial charge on any atom is -0.492 e. The van der Waals surface area contributed by atoms with E-state index in [9.17, 15) is 21.6 Å². The second-order valence-corrected chi connectivity index (χ2v) is 13.3. The average Bonchev–Trinajstić information content (AvgIpc) is 3.33. The monoisotopic (exact) mass is 611 g/mol. The first-order valence-electron chi connectivity index (χ1n) is 12.1. The number of amides is 1. The van der Waals surface area contributed by atoms with E-state index >= 15 is 0 Å². The third-order valence-electron chi connectivity index (χ3n) is 6.14. The second kappa shape index (κ2) is 11.7. The maximum absolute atomic E-state index is 13.3. The highest BCUT2D eigenvalue weighted by Gasteiger charge is 2.31.